The molecule has 3 rings (SSSR count). The molecule has 132 valence electrons. The fourth-order valence-corrected chi connectivity index (χ4v) is 2.94. The third kappa shape index (κ3) is 4.00. The highest BCUT2D eigenvalue weighted by atomic mass is 19.4. The van der Waals surface area contributed by atoms with E-state index >= 15 is 0 Å². The molecule has 1 fully saturated rings. The van der Waals surface area contributed by atoms with Crippen LogP contribution >= 0.6 is 0 Å². The Morgan fingerprint density at radius 2 is 1.80 bits per heavy atom. The van der Waals surface area contributed by atoms with Crippen LogP contribution in [0.15, 0.2) is 42.5 Å². The molecule has 1 amide bonds. The third-order valence-corrected chi connectivity index (χ3v) is 4.52. The van der Waals surface area contributed by atoms with Gasteiger partial charge in [0.15, 0.2) is 0 Å². The van der Waals surface area contributed by atoms with Gasteiger partial charge in [0.2, 0.25) is 0 Å². The number of amides is 1. The van der Waals surface area contributed by atoms with Crippen molar-refractivity contribution in [1.82, 2.24) is 9.88 Å². The maximum absolute atomic E-state index is 12.9. The van der Waals surface area contributed by atoms with Gasteiger partial charge in [0.1, 0.15) is 5.69 Å². The Bertz CT molecular complexity index is 765. The third-order valence-electron chi connectivity index (χ3n) is 4.52. The molecular formula is C19H19F3N2O. The predicted molar refractivity (Wildman–Crippen MR) is 89.0 cm³/mol. The zero-order valence-electron chi connectivity index (χ0n) is 13.9. The summed E-state index contributed by atoms with van der Waals surface area (Å²) in [5.74, 6) is 0.439. The molecule has 2 heterocycles. The zero-order valence-corrected chi connectivity index (χ0v) is 13.9. The number of piperidine rings is 1. The molecule has 2 aromatic rings. The van der Waals surface area contributed by atoms with Crippen molar-refractivity contribution in [3.05, 3.63) is 53.7 Å². The Labute approximate surface area is 144 Å². The van der Waals surface area contributed by atoms with Crippen LogP contribution in [0.1, 0.15) is 35.8 Å². The molecule has 0 radical (unpaired) electrons. The number of carbonyl (C=O) groups excluding carboxylic acids is 1. The lowest BCUT2D eigenvalue weighted by molar-refractivity contribution is -0.137. The maximum atomic E-state index is 12.9. The molecule has 1 aromatic carbocycles. The molecule has 1 aliphatic rings. The predicted octanol–water partition coefficient (Wildman–Crippen LogP) is 4.64. The first-order valence-electron chi connectivity index (χ1n) is 8.28. The van der Waals surface area contributed by atoms with Gasteiger partial charge >= 0.3 is 6.18 Å². The molecule has 1 saturated heterocycles. The summed E-state index contributed by atoms with van der Waals surface area (Å²) in [6.07, 6.45) is -2.49. The lowest BCUT2D eigenvalue weighted by atomic mass is 9.99. The number of aromatic nitrogens is 1. The van der Waals surface area contributed by atoms with E-state index in [-0.39, 0.29) is 11.6 Å². The van der Waals surface area contributed by atoms with Crippen molar-refractivity contribution in [1.29, 1.82) is 0 Å². The van der Waals surface area contributed by atoms with Gasteiger partial charge in [-0.25, -0.2) is 4.98 Å². The van der Waals surface area contributed by atoms with Gasteiger partial charge in [0.25, 0.3) is 5.91 Å². The van der Waals surface area contributed by atoms with E-state index in [1.54, 1.807) is 29.2 Å². The Morgan fingerprint density at radius 1 is 1.12 bits per heavy atom. The van der Waals surface area contributed by atoms with Gasteiger partial charge in [-0.2, -0.15) is 13.2 Å². The highest BCUT2D eigenvalue weighted by molar-refractivity contribution is 5.93. The van der Waals surface area contributed by atoms with Crippen molar-refractivity contribution in [2.75, 3.05) is 13.1 Å². The highest BCUT2D eigenvalue weighted by Crippen LogP contribution is 2.31. The van der Waals surface area contributed by atoms with Gasteiger partial charge in [-0.15, -0.1) is 0 Å². The summed E-state index contributed by atoms with van der Waals surface area (Å²) in [6, 6.07) is 9.87. The summed E-state index contributed by atoms with van der Waals surface area (Å²) in [6.45, 7) is 3.54. The first-order valence-corrected chi connectivity index (χ1v) is 8.28. The van der Waals surface area contributed by atoms with Crippen molar-refractivity contribution >= 4 is 5.91 Å². The summed E-state index contributed by atoms with van der Waals surface area (Å²) < 4.78 is 38.7. The van der Waals surface area contributed by atoms with Crippen LogP contribution in [0.2, 0.25) is 0 Å². The molecule has 0 bridgehead atoms. The lowest BCUT2D eigenvalue weighted by Gasteiger charge is -2.30. The van der Waals surface area contributed by atoms with E-state index in [4.69, 9.17) is 0 Å². The second kappa shape index (κ2) is 6.86. The molecule has 0 saturated carbocycles. The maximum Gasteiger partial charge on any atom is 0.416 e. The molecule has 0 atom stereocenters. The number of alkyl halides is 3. The summed E-state index contributed by atoms with van der Waals surface area (Å²) in [5, 5.41) is 0. The van der Waals surface area contributed by atoms with Crippen molar-refractivity contribution in [3.63, 3.8) is 0 Å². The molecule has 0 unspecified atom stereocenters. The Hall–Kier alpha value is -2.37. The van der Waals surface area contributed by atoms with Crippen molar-refractivity contribution in [2.24, 2.45) is 5.92 Å². The Kier molecular flexibility index (Phi) is 4.79. The number of nitrogens with zero attached hydrogens (tertiary/aromatic N) is 2. The summed E-state index contributed by atoms with van der Waals surface area (Å²) >= 11 is 0. The van der Waals surface area contributed by atoms with E-state index in [9.17, 15) is 18.0 Å². The van der Waals surface area contributed by atoms with Crippen LogP contribution < -0.4 is 0 Å². The topological polar surface area (TPSA) is 33.2 Å². The van der Waals surface area contributed by atoms with Gasteiger partial charge in [-0.05, 0) is 43.0 Å². The molecule has 1 aromatic heterocycles. The first-order chi connectivity index (χ1) is 11.8. The monoisotopic (exact) mass is 348 g/mol. The van der Waals surface area contributed by atoms with E-state index in [0.717, 1.165) is 25.0 Å². The Morgan fingerprint density at radius 3 is 2.48 bits per heavy atom. The number of pyridine rings is 1. The summed E-state index contributed by atoms with van der Waals surface area (Å²) in [4.78, 5) is 18.7. The van der Waals surface area contributed by atoms with Crippen LogP contribution in [0.3, 0.4) is 0 Å². The molecule has 0 aliphatic carbocycles. The smallest absolute Gasteiger partial charge is 0.337 e. The van der Waals surface area contributed by atoms with Crippen LogP contribution in [-0.4, -0.2) is 28.9 Å². The standard InChI is InChI=1S/C19H19F3N2O/c1-13-8-10-24(11-9-13)18(25)17-7-3-6-16(23-17)14-4-2-5-15(12-14)19(20,21)22/h2-7,12-13H,8-11H2,1H3. The van der Waals surface area contributed by atoms with Crippen molar-refractivity contribution in [3.8, 4) is 11.3 Å². The lowest BCUT2D eigenvalue weighted by Crippen LogP contribution is -2.38. The largest absolute Gasteiger partial charge is 0.416 e. The summed E-state index contributed by atoms with van der Waals surface area (Å²) in [7, 11) is 0. The van der Waals surface area contributed by atoms with E-state index in [1.165, 1.54) is 6.07 Å². The SMILES string of the molecule is CC1CCN(C(=O)c2cccc(-c3cccc(C(F)(F)F)c3)n2)CC1. The average Bonchev–Trinajstić information content (AvgIpc) is 2.61. The van der Waals surface area contributed by atoms with Crippen LogP contribution in [0.5, 0.6) is 0 Å². The van der Waals surface area contributed by atoms with E-state index in [2.05, 4.69) is 11.9 Å². The van der Waals surface area contributed by atoms with Gasteiger partial charge in [0, 0.05) is 18.7 Å². The Balaban J connectivity index is 1.86. The zero-order chi connectivity index (χ0) is 18.0. The number of halogens is 3. The molecule has 1 aliphatic heterocycles. The highest BCUT2D eigenvalue weighted by Gasteiger charge is 2.30. The molecular weight excluding hydrogens is 329 g/mol. The molecule has 25 heavy (non-hydrogen) atoms. The fraction of sp³-hybridized carbons (Fsp3) is 0.368. The second-order valence-corrected chi connectivity index (χ2v) is 6.46. The van der Waals surface area contributed by atoms with E-state index in [0.29, 0.717) is 30.3 Å². The minimum absolute atomic E-state index is 0.166. The van der Waals surface area contributed by atoms with Crippen molar-refractivity contribution in [2.45, 2.75) is 25.9 Å². The van der Waals surface area contributed by atoms with Crippen LogP contribution in [0.4, 0.5) is 13.2 Å². The minimum Gasteiger partial charge on any atom is -0.337 e. The minimum atomic E-state index is -4.41. The average molecular weight is 348 g/mol. The molecule has 3 nitrogen and oxygen atoms in total. The molecule has 6 heteroatoms. The van der Waals surface area contributed by atoms with Gasteiger partial charge in [-0.3, -0.25) is 4.79 Å². The van der Waals surface area contributed by atoms with Gasteiger partial charge in [0.05, 0.1) is 11.3 Å². The molecule has 0 spiro atoms. The number of likely N-dealkylation sites (tertiary alicyclic amines) is 1. The normalized spacial score (nSPS) is 16.1. The van der Waals surface area contributed by atoms with Crippen LogP contribution in [-0.2, 0) is 6.18 Å². The first kappa shape index (κ1) is 17.5. The molecule has 0 N–H and O–H groups in total. The number of rotatable bonds is 2. The quantitative estimate of drug-likeness (QED) is 0.792. The van der Waals surface area contributed by atoms with Gasteiger partial charge in [-0.1, -0.05) is 25.1 Å². The number of benzene rings is 1. The van der Waals surface area contributed by atoms with Crippen molar-refractivity contribution < 1.29 is 18.0 Å². The number of carbonyl (C=O) groups is 1. The fourth-order valence-electron chi connectivity index (χ4n) is 2.94. The van der Waals surface area contributed by atoms with Crippen LogP contribution in [0, 0.1) is 5.92 Å². The van der Waals surface area contributed by atoms with E-state index < -0.39 is 11.7 Å². The number of hydrogen-bond acceptors (Lipinski definition) is 2. The van der Waals surface area contributed by atoms with Gasteiger partial charge < -0.3 is 4.90 Å². The van der Waals surface area contributed by atoms with E-state index in [1.807, 2.05) is 0 Å². The summed E-state index contributed by atoms with van der Waals surface area (Å²) in [5.41, 5.74) is 0.247. The second-order valence-electron chi connectivity index (χ2n) is 6.46. The van der Waals surface area contributed by atoms with Crippen LogP contribution in [0.25, 0.3) is 11.3 Å². The number of hydrogen-bond donors (Lipinski definition) is 0.